The van der Waals surface area contributed by atoms with Gasteiger partial charge in [-0.05, 0) is 22.8 Å². The monoisotopic (exact) mass is 483 g/mol. The lowest BCUT2D eigenvalue weighted by atomic mass is 9.99. The summed E-state index contributed by atoms with van der Waals surface area (Å²) in [7, 11) is 0. The van der Waals surface area contributed by atoms with Gasteiger partial charge in [-0.2, -0.15) is 4.98 Å². The second kappa shape index (κ2) is 8.23. The van der Waals surface area contributed by atoms with Gasteiger partial charge < -0.3 is 4.57 Å². The molecule has 0 N–H and O–H groups in total. The van der Waals surface area contributed by atoms with Crippen molar-refractivity contribution in [3.8, 4) is 11.1 Å². The van der Waals surface area contributed by atoms with Crippen LogP contribution in [0.25, 0.3) is 21.3 Å². The molecule has 0 unspecified atom stereocenters. The van der Waals surface area contributed by atoms with E-state index in [-0.39, 0.29) is 21.4 Å². The number of nitrogens with zero attached hydrogens (tertiary/aromatic N) is 3. The summed E-state index contributed by atoms with van der Waals surface area (Å²) in [5.41, 5.74) is 3.79. The van der Waals surface area contributed by atoms with Crippen LogP contribution in [0.15, 0.2) is 93.9 Å². The van der Waals surface area contributed by atoms with Gasteiger partial charge >= 0.3 is 0 Å². The SMILES string of the molecule is O=c1nc2n(c3scc(-c4ccccc4)c13)Cc1ccccc1[C@H]2Sc1ccccc1[N+](=O)[O-]. The summed E-state index contributed by atoms with van der Waals surface area (Å²) < 4.78 is 2.10. The number of thioether (sulfide) groups is 1. The molecule has 1 aliphatic rings. The molecule has 0 fully saturated rings. The van der Waals surface area contributed by atoms with Crippen LogP contribution in [0, 0.1) is 10.1 Å². The van der Waals surface area contributed by atoms with Crippen LogP contribution in [0.2, 0.25) is 0 Å². The second-order valence-corrected chi connectivity index (χ2v) is 9.98. The molecule has 0 saturated carbocycles. The molecule has 2 aromatic heterocycles. The van der Waals surface area contributed by atoms with Crippen molar-refractivity contribution in [2.75, 3.05) is 0 Å². The molecule has 166 valence electrons. The summed E-state index contributed by atoms with van der Waals surface area (Å²) in [6, 6.07) is 24.6. The van der Waals surface area contributed by atoms with E-state index in [1.807, 2.05) is 53.9 Å². The van der Waals surface area contributed by atoms with Gasteiger partial charge in [0.05, 0.1) is 27.0 Å². The largest absolute Gasteiger partial charge is 0.315 e. The minimum Gasteiger partial charge on any atom is -0.315 e. The van der Waals surface area contributed by atoms with Gasteiger partial charge in [-0.25, -0.2) is 0 Å². The highest BCUT2D eigenvalue weighted by Gasteiger charge is 2.32. The predicted octanol–water partition coefficient (Wildman–Crippen LogP) is 6.28. The Morgan fingerprint density at radius 3 is 2.56 bits per heavy atom. The zero-order valence-electron chi connectivity index (χ0n) is 17.8. The number of thiophene rings is 1. The summed E-state index contributed by atoms with van der Waals surface area (Å²) in [5.74, 6) is 0.626. The molecule has 1 aliphatic heterocycles. The van der Waals surface area contributed by atoms with Crippen LogP contribution in [0.3, 0.4) is 0 Å². The normalized spacial score (nSPS) is 14.5. The van der Waals surface area contributed by atoms with E-state index in [4.69, 9.17) is 0 Å². The molecule has 6 nitrogen and oxygen atoms in total. The van der Waals surface area contributed by atoms with Crippen LogP contribution in [-0.4, -0.2) is 14.5 Å². The first kappa shape index (κ1) is 20.8. The Morgan fingerprint density at radius 2 is 1.74 bits per heavy atom. The minimum absolute atomic E-state index is 0.0491. The van der Waals surface area contributed by atoms with Gasteiger partial charge in [0, 0.05) is 17.0 Å². The molecular weight excluding hydrogens is 466 g/mol. The zero-order valence-corrected chi connectivity index (χ0v) is 19.4. The Morgan fingerprint density at radius 1 is 1.00 bits per heavy atom. The van der Waals surface area contributed by atoms with Crippen LogP contribution in [0.1, 0.15) is 22.2 Å². The van der Waals surface area contributed by atoms with Crippen molar-refractivity contribution in [2.45, 2.75) is 16.7 Å². The van der Waals surface area contributed by atoms with Crippen molar-refractivity contribution in [2.24, 2.45) is 0 Å². The van der Waals surface area contributed by atoms with E-state index in [2.05, 4.69) is 15.6 Å². The molecule has 1 atom stereocenters. The number of nitro benzene ring substituents is 1. The van der Waals surface area contributed by atoms with Gasteiger partial charge in [-0.3, -0.25) is 14.9 Å². The third-order valence-corrected chi connectivity index (χ3v) is 8.32. The molecule has 0 amide bonds. The van der Waals surface area contributed by atoms with E-state index in [1.165, 1.54) is 29.2 Å². The number of nitro groups is 1. The molecule has 0 radical (unpaired) electrons. The highest BCUT2D eigenvalue weighted by atomic mass is 32.2. The third-order valence-electron chi connectivity index (χ3n) is 6.02. The summed E-state index contributed by atoms with van der Waals surface area (Å²) >= 11 is 2.90. The second-order valence-electron chi connectivity index (χ2n) is 7.98. The highest BCUT2D eigenvalue weighted by Crippen LogP contribution is 2.47. The first-order chi connectivity index (χ1) is 16.6. The highest BCUT2D eigenvalue weighted by molar-refractivity contribution is 7.99. The lowest BCUT2D eigenvalue weighted by molar-refractivity contribution is -0.387. The smallest absolute Gasteiger partial charge is 0.282 e. The lowest BCUT2D eigenvalue weighted by Crippen LogP contribution is -2.25. The Kier molecular flexibility index (Phi) is 5.04. The van der Waals surface area contributed by atoms with Crippen molar-refractivity contribution in [3.63, 3.8) is 0 Å². The number of benzene rings is 3. The Hall–Kier alpha value is -3.75. The van der Waals surface area contributed by atoms with Gasteiger partial charge in [0.15, 0.2) is 0 Å². The number of para-hydroxylation sites is 1. The predicted molar refractivity (Wildman–Crippen MR) is 136 cm³/mol. The maximum absolute atomic E-state index is 13.4. The maximum Gasteiger partial charge on any atom is 0.282 e. The van der Waals surface area contributed by atoms with Crippen molar-refractivity contribution in [3.05, 3.63) is 122 Å². The van der Waals surface area contributed by atoms with Crippen molar-refractivity contribution < 1.29 is 4.92 Å². The molecule has 3 aromatic carbocycles. The fraction of sp³-hybridized carbons (Fsp3) is 0.0769. The summed E-state index contributed by atoms with van der Waals surface area (Å²) in [6.07, 6.45) is 0. The van der Waals surface area contributed by atoms with E-state index >= 15 is 0 Å². The van der Waals surface area contributed by atoms with Crippen molar-refractivity contribution >= 4 is 39.0 Å². The van der Waals surface area contributed by atoms with E-state index in [0.29, 0.717) is 22.7 Å². The summed E-state index contributed by atoms with van der Waals surface area (Å²) in [4.78, 5) is 30.6. The number of hydrogen-bond acceptors (Lipinski definition) is 6. The summed E-state index contributed by atoms with van der Waals surface area (Å²) in [6.45, 7) is 0.595. The zero-order chi connectivity index (χ0) is 23.2. The first-order valence-electron chi connectivity index (χ1n) is 10.7. The number of fused-ring (bicyclic) bond motifs is 4. The minimum atomic E-state index is -0.369. The Balaban J connectivity index is 1.57. The van der Waals surface area contributed by atoms with Crippen LogP contribution in [0.4, 0.5) is 5.69 Å². The molecule has 0 saturated heterocycles. The maximum atomic E-state index is 13.4. The third kappa shape index (κ3) is 3.34. The van der Waals surface area contributed by atoms with Crippen LogP contribution >= 0.6 is 23.1 Å². The molecule has 5 aromatic rings. The van der Waals surface area contributed by atoms with Gasteiger partial charge in [0.25, 0.3) is 11.2 Å². The van der Waals surface area contributed by atoms with Gasteiger partial charge in [0.1, 0.15) is 10.7 Å². The average molecular weight is 484 g/mol. The van der Waals surface area contributed by atoms with Crippen LogP contribution in [-0.2, 0) is 6.54 Å². The number of hydrogen-bond donors (Lipinski definition) is 0. The van der Waals surface area contributed by atoms with Gasteiger partial charge in [-0.1, -0.05) is 66.7 Å². The molecule has 34 heavy (non-hydrogen) atoms. The Bertz CT molecular complexity index is 1630. The fourth-order valence-corrected chi connectivity index (χ4v) is 6.86. The fourth-order valence-electron chi connectivity index (χ4n) is 4.45. The van der Waals surface area contributed by atoms with E-state index in [9.17, 15) is 14.9 Å². The number of aromatic nitrogens is 2. The molecule has 0 spiro atoms. The molecule has 6 rings (SSSR count). The van der Waals surface area contributed by atoms with E-state index in [1.54, 1.807) is 18.2 Å². The summed E-state index contributed by atoms with van der Waals surface area (Å²) in [5, 5.41) is 13.9. The Labute approximate surface area is 202 Å². The lowest BCUT2D eigenvalue weighted by Gasteiger charge is -2.29. The van der Waals surface area contributed by atoms with Crippen molar-refractivity contribution in [1.82, 2.24) is 9.55 Å². The van der Waals surface area contributed by atoms with Crippen LogP contribution in [0.5, 0.6) is 0 Å². The first-order valence-corrected chi connectivity index (χ1v) is 12.4. The number of rotatable bonds is 4. The quantitative estimate of drug-likeness (QED) is 0.222. The van der Waals surface area contributed by atoms with Gasteiger partial charge in [0.2, 0.25) is 0 Å². The average Bonchev–Trinajstić information content (AvgIpc) is 3.32. The topological polar surface area (TPSA) is 78.0 Å². The van der Waals surface area contributed by atoms with Gasteiger partial charge in [-0.15, -0.1) is 23.1 Å². The van der Waals surface area contributed by atoms with E-state index < -0.39 is 0 Å². The van der Waals surface area contributed by atoms with Crippen molar-refractivity contribution in [1.29, 1.82) is 0 Å². The molecule has 8 heteroatoms. The molecule has 3 heterocycles. The standard InChI is InChI=1S/C26H17N3O3S2/c30-25-22-19(16-8-2-1-3-9-16)15-33-26(22)28-14-17-10-4-5-11-18(17)23(24(28)27-25)34-21-13-7-6-12-20(21)29(31)32/h1-13,15,23H,14H2/t23-/m1/s1. The van der Waals surface area contributed by atoms with Crippen LogP contribution < -0.4 is 5.56 Å². The molecule has 0 aliphatic carbocycles. The van der Waals surface area contributed by atoms with E-state index in [0.717, 1.165) is 27.1 Å². The molecular formula is C26H17N3O3S2. The molecule has 0 bridgehead atoms.